The Labute approximate surface area is 112 Å². The standard InChI is InChI=1S/C15H30N2O/c1-10(2)15(4,5)9-17-14(18)13-7-6-12(16)8-11(13)3/h10-13H,6-9,16H2,1-5H3,(H,17,18). The molecule has 1 fully saturated rings. The average molecular weight is 254 g/mol. The van der Waals surface area contributed by atoms with Crippen molar-refractivity contribution in [3.8, 4) is 0 Å². The Kier molecular flexibility index (Phi) is 5.20. The van der Waals surface area contributed by atoms with Crippen molar-refractivity contribution in [1.29, 1.82) is 0 Å². The molecule has 0 aromatic carbocycles. The van der Waals surface area contributed by atoms with E-state index in [0.717, 1.165) is 25.8 Å². The molecule has 0 aromatic heterocycles. The highest BCUT2D eigenvalue weighted by molar-refractivity contribution is 5.79. The van der Waals surface area contributed by atoms with E-state index < -0.39 is 0 Å². The third-order valence-electron chi connectivity index (χ3n) is 4.83. The summed E-state index contributed by atoms with van der Waals surface area (Å²) in [5.74, 6) is 1.36. The van der Waals surface area contributed by atoms with Crippen molar-refractivity contribution in [2.45, 2.75) is 59.9 Å². The lowest BCUT2D eigenvalue weighted by atomic mass is 9.77. The van der Waals surface area contributed by atoms with Crippen molar-refractivity contribution >= 4 is 5.91 Å². The molecule has 0 aliphatic heterocycles. The van der Waals surface area contributed by atoms with Crippen molar-refractivity contribution in [2.24, 2.45) is 28.9 Å². The summed E-state index contributed by atoms with van der Waals surface area (Å²) in [6, 6.07) is 0.288. The van der Waals surface area contributed by atoms with E-state index in [-0.39, 0.29) is 23.3 Å². The summed E-state index contributed by atoms with van der Waals surface area (Å²) in [7, 11) is 0. The van der Waals surface area contributed by atoms with E-state index in [1.807, 2.05) is 0 Å². The van der Waals surface area contributed by atoms with Gasteiger partial charge >= 0.3 is 0 Å². The van der Waals surface area contributed by atoms with E-state index in [1.54, 1.807) is 0 Å². The SMILES string of the molecule is CC1CC(N)CCC1C(=O)NCC(C)(C)C(C)C. The lowest BCUT2D eigenvalue weighted by molar-refractivity contribution is -0.128. The normalized spacial score (nSPS) is 29.4. The molecule has 1 aliphatic rings. The fourth-order valence-corrected chi connectivity index (χ4v) is 2.48. The minimum Gasteiger partial charge on any atom is -0.355 e. The second-order valence-corrected chi connectivity index (χ2v) is 7.02. The van der Waals surface area contributed by atoms with E-state index in [4.69, 9.17) is 5.73 Å². The van der Waals surface area contributed by atoms with Crippen LogP contribution < -0.4 is 11.1 Å². The molecule has 0 aromatic rings. The van der Waals surface area contributed by atoms with Crippen LogP contribution in [0.4, 0.5) is 0 Å². The molecule has 1 amide bonds. The zero-order chi connectivity index (χ0) is 13.9. The van der Waals surface area contributed by atoms with Gasteiger partial charge in [0.1, 0.15) is 0 Å². The van der Waals surface area contributed by atoms with Gasteiger partial charge in [0.05, 0.1) is 0 Å². The van der Waals surface area contributed by atoms with Gasteiger partial charge in [-0.1, -0.05) is 34.6 Å². The second kappa shape index (κ2) is 6.05. The van der Waals surface area contributed by atoms with Gasteiger partial charge in [-0.15, -0.1) is 0 Å². The van der Waals surface area contributed by atoms with Gasteiger partial charge in [-0.2, -0.15) is 0 Å². The first-order valence-corrected chi connectivity index (χ1v) is 7.27. The molecule has 0 saturated heterocycles. The Bertz CT molecular complexity index is 286. The Hall–Kier alpha value is -0.570. The molecule has 3 nitrogen and oxygen atoms in total. The van der Waals surface area contributed by atoms with Gasteiger partial charge in [0, 0.05) is 18.5 Å². The van der Waals surface area contributed by atoms with Crippen LogP contribution in [-0.4, -0.2) is 18.5 Å². The van der Waals surface area contributed by atoms with Crippen molar-refractivity contribution < 1.29 is 4.79 Å². The molecule has 3 unspecified atom stereocenters. The molecular weight excluding hydrogens is 224 g/mol. The number of carbonyl (C=O) groups is 1. The van der Waals surface area contributed by atoms with Gasteiger partial charge in [0.15, 0.2) is 0 Å². The fourth-order valence-electron chi connectivity index (χ4n) is 2.48. The maximum atomic E-state index is 12.2. The molecule has 1 saturated carbocycles. The smallest absolute Gasteiger partial charge is 0.223 e. The first-order chi connectivity index (χ1) is 8.24. The van der Waals surface area contributed by atoms with Gasteiger partial charge in [-0.3, -0.25) is 4.79 Å². The molecule has 106 valence electrons. The molecule has 3 atom stereocenters. The van der Waals surface area contributed by atoms with Crippen LogP contribution in [0.1, 0.15) is 53.9 Å². The minimum atomic E-state index is 0.157. The molecule has 0 bridgehead atoms. The van der Waals surface area contributed by atoms with Crippen LogP contribution in [0.5, 0.6) is 0 Å². The van der Waals surface area contributed by atoms with Crippen LogP contribution in [-0.2, 0) is 4.79 Å². The maximum Gasteiger partial charge on any atom is 0.223 e. The number of carbonyl (C=O) groups excluding carboxylic acids is 1. The molecule has 1 aliphatic carbocycles. The Morgan fingerprint density at radius 1 is 1.39 bits per heavy atom. The number of nitrogens with one attached hydrogen (secondary N) is 1. The van der Waals surface area contributed by atoms with Gasteiger partial charge in [0.2, 0.25) is 5.91 Å². The zero-order valence-electron chi connectivity index (χ0n) is 12.6. The largest absolute Gasteiger partial charge is 0.355 e. The number of hydrogen-bond donors (Lipinski definition) is 2. The molecule has 0 heterocycles. The van der Waals surface area contributed by atoms with Crippen LogP contribution in [0.3, 0.4) is 0 Å². The first kappa shape index (κ1) is 15.5. The monoisotopic (exact) mass is 254 g/mol. The van der Waals surface area contributed by atoms with E-state index in [1.165, 1.54) is 0 Å². The van der Waals surface area contributed by atoms with E-state index >= 15 is 0 Å². The number of rotatable bonds is 4. The number of hydrogen-bond acceptors (Lipinski definition) is 2. The highest BCUT2D eigenvalue weighted by atomic mass is 16.1. The maximum absolute atomic E-state index is 12.2. The summed E-state index contributed by atoms with van der Waals surface area (Å²) in [6.07, 6.45) is 2.90. The molecule has 18 heavy (non-hydrogen) atoms. The second-order valence-electron chi connectivity index (χ2n) is 7.02. The predicted molar refractivity (Wildman–Crippen MR) is 76.1 cm³/mol. The lowest BCUT2D eigenvalue weighted by Gasteiger charge is -2.34. The molecule has 0 spiro atoms. The summed E-state index contributed by atoms with van der Waals surface area (Å²) in [5, 5.41) is 3.14. The van der Waals surface area contributed by atoms with Crippen LogP contribution in [0.2, 0.25) is 0 Å². The highest BCUT2D eigenvalue weighted by Crippen LogP contribution is 2.30. The third kappa shape index (κ3) is 3.98. The summed E-state index contributed by atoms with van der Waals surface area (Å²) >= 11 is 0. The van der Waals surface area contributed by atoms with Gasteiger partial charge in [-0.05, 0) is 36.5 Å². The van der Waals surface area contributed by atoms with E-state index in [9.17, 15) is 4.79 Å². The summed E-state index contributed by atoms with van der Waals surface area (Å²) in [4.78, 5) is 12.2. The highest BCUT2D eigenvalue weighted by Gasteiger charge is 2.32. The minimum absolute atomic E-state index is 0.157. The fraction of sp³-hybridized carbons (Fsp3) is 0.933. The summed E-state index contributed by atoms with van der Waals surface area (Å²) < 4.78 is 0. The van der Waals surface area contributed by atoms with Crippen molar-refractivity contribution in [1.82, 2.24) is 5.32 Å². The van der Waals surface area contributed by atoms with Crippen LogP contribution >= 0.6 is 0 Å². The topological polar surface area (TPSA) is 55.1 Å². The van der Waals surface area contributed by atoms with E-state index in [2.05, 4.69) is 39.9 Å². The lowest BCUT2D eigenvalue weighted by Crippen LogP contribution is -2.44. The van der Waals surface area contributed by atoms with Crippen LogP contribution in [0.15, 0.2) is 0 Å². The zero-order valence-corrected chi connectivity index (χ0v) is 12.6. The van der Waals surface area contributed by atoms with Crippen molar-refractivity contribution in [3.63, 3.8) is 0 Å². The molecule has 0 radical (unpaired) electrons. The molecular formula is C15H30N2O. The summed E-state index contributed by atoms with van der Waals surface area (Å²) in [5.41, 5.74) is 6.10. The third-order valence-corrected chi connectivity index (χ3v) is 4.83. The quantitative estimate of drug-likeness (QED) is 0.810. The molecule has 3 N–H and O–H groups in total. The van der Waals surface area contributed by atoms with Gasteiger partial charge in [0.25, 0.3) is 0 Å². The number of amides is 1. The molecule has 1 rings (SSSR count). The Balaban J connectivity index is 2.46. The van der Waals surface area contributed by atoms with E-state index in [0.29, 0.717) is 11.8 Å². The van der Waals surface area contributed by atoms with Gasteiger partial charge < -0.3 is 11.1 Å². The van der Waals surface area contributed by atoms with Crippen molar-refractivity contribution in [3.05, 3.63) is 0 Å². The Morgan fingerprint density at radius 2 is 2.00 bits per heavy atom. The summed E-state index contributed by atoms with van der Waals surface area (Å²) in [6.45, 7) is 11.7. The Morgan fingerprint density at radius 3 is 2.50 bits per heavy atom. The van der Waals surface area contributed by atoms with Crippen molar-refractivity contribution in [2.75, 3.05) is 6.54 Å². The molecule has 3 heteroatoms. The van der Waals surface area contributed by atoms with Crippen LogP contribution in [0.25, 0.3) is 0 Å². The average Bonchev–Trinajstić information content (AvgIpc) is 2.25. The number of nitrogens with two attached hydrogens (primary N) is 1. The van der Waals surface area contributed by atoms with Gasteiger partial charge in [-0.25, -0.2) is 0 Å². The predicted octanol–water partition coefficient (Wildman–Crippen LogP) is 2.55. The first-order valence-electron chi connectivity index (χ1n) is 7.27. The van der Waals surface area contributed by atoms with Crippen LogP contribution in [0, 0.1) is 23.2 Å².